The lowest BCUT2D eigenvalue weighted by Crippen LogP contribution is -2.43. The number of aromatic nitrogens is 1. The third-order valence-corrected chi connectivity index (χ3v) is 6.65. The lowest BCUT2D eigenvalue weighted by atomic mass is 9.97. The molecular formula is C27H34F2N4O3. The summed E-state index contributed by atoms with van der Waals surface area (Å²) < 4.78 is 34.5. The number of likely N-dealkylation sites (tertiary alicyclic amines) is 1. The summed E-state index contributed by atoms with van der Waals surface area (Å²) in [6, 6.07) is 7.41. The maximum absolute atomic E-state index is 14.8. The third-order valence-electron chi connectivity index (χ3n) is 6.65. The fraction of sp³-hybridized carbons (Fsp3) is 0.519. The SMILES string of the molecule is CC(C)(F)CN1CCC(COc2ccc(-c3ccc(C(=O)NC(=O)[C@@H]4CCCN4)nc3)c(F)c2)CC1. The number of hydrogen-bond acceptors (Lipinski definition) is 6. The predicted octanol–water partition coefficient (Wildman–Crippen LogP) is 3.74. The Kier molecular flexibility index (Phi) is 8.31. The Morgan fingerprint density at radius 2 is 1.97 bits per heavy atom. The minimum atomic E-state index is -1.20. The van der Waals surface area contributed by atoms with Crippen molar-refractivity contribution < 1.29 is 23.1 Å². The Morgan fingerprint density at radius 3 is 2.58 bits per heavy atom. The number of piperidine rings is 1. The van der Waals surface area contributed by atoms with Gasteiger partial charge in [0.2, 0.25) is 5.91 Å². The van der Waals surface area contributed by atoms with Crippen molar-refractivity contribution in [2.24, 2.45) is 5.92 Å². The van der Waals surface area contributed by atoms with Gasteiger partial charge in [0.25, 0.3) is 5.91 Å². The number of hydrogen-bond donors (Lipinski definition) is 2. The van der Waals surface area contributed by atoms with Crippen LogP contribution in [0.25, 0.3) is 11.1 Å². The highest BCUT2D eigenvalue weighted by Crippen LogP contribution is 2.27. The summed E-state index contributed by atoms with van der Waals surface area (Å²) in [5, 5.41) is 5.40. The van der Waals surface area contributed by atoms with Gasteiger partial charge in [-0.05, 0) is 83.3 Å². The summed E-state index contributed by atoms with van der Waals surface area (Å²) in [7, 11) is 0. The predicted molar refractivity (Wildman–Crippen MR) is 133 cm³/mol. The van der Waals surface area contributed by atoms with Crippen molar-refractivity contribution in [3.05, 3.63) is 48.0 Å². The van der Waals surface area contributed by atoms with Gasteiger partial charge in [-0.25, -0.2) is 8.78 Å². The third kappa shape index (κ3) is 7.07. The summed E-state index contributed by atoms with van der Waals surface area (Å²) >= 11 is 0. The first kappa shape index (κ1) is 26.2. The van der Waals surface area contributed by atoms with Gasteiger partial charge in [0.05, 0.1) is 12.6 Å². The second-order valence-corrected chi connectivity index (χ2v) is 10.3. The summed E-state index contributed by atoms with van der Waals surface area (Å²) in [6.07, 6.45) is 4.85. The number of carbonyl (C=O) groups excluding carboxylic acids is 2. The lowest BCUT2D eigenvalue weighted by molar-refractivity contribution is -0.121. The maximum atomic E-state index is 14.8. The first-order valence-corrected chi connectivity index (χ1v) is 12.6. The van der Waals surface area contributed by atoms with E-state index < -0.39 is 17.4 Å². The summed E-state index contributed by atoms with van der Waals surface area (Å²) in [5.74, 6) is -0.588. The van der Waals surface area contributed by atoms with E-state index in [0.29, 0.717) is 42.4 Å². The second-order valence-electron chi connectivity index (χ2n) is 10.3. The number of halogens is 2. The molecule has 1 aromatic heterocycles. The van der Waals surface area contributed by atoms with E-state index >= 15 is 0 Å². The van der Waals surface area contributed by atoms with Crippen LogP contribution in [0.3, 0.4) is 0 Å². The minimum absolute atomic E-state index is 0.0894. The lowest BCUT2D eigenvalue weighted by Gasteiger charge is -2.34. The average molecular weight is 501 g/mol. The first-order valence-electron chi connectivity index (χ1n) is 12.6. The van der Waals surface area contributed by atoms with Crippen LogP contribution in [0.1, 0.15) is 50.0 Å². The number of ether oxygens (including phenoxy) is 1. The Morgan fingerprint density at radius 1 is 1.19 bits per heavy atom. The highest BCUT2D eigenvalue weighted by atomic mass is 19.1. The molecule has 0 bridgehead atoms. The molecule has 0 radical (unpaired) electrons. The maximum Gasteiger partial charge on any atom is 0.276 e. The Hall–Kier alpha value is -2.91. The van der Waals surface area contributed by atoms with Crippen LogP contribution < -0.4 is 15.4 Å². The molecule has 0 saturated carbocycles. The van der Waals surface area contributed by atoms with Gasteiger partial charge in [-0.2, -0.15) is 0 Å². The molecule has 194 valence electrons. The summed E-state index contributed by atoms with van der Waals surface area (Å²) in [5.41, 5.74) is -0.249. The zero-order valence-electron chi connectivity index (χ0n) is 20.9. The average Bonchev–Trinajstić information content (AvgIpc) is 3.38. The molecule has 2 aromatic rings. The normalized spacial score (nSPS) is 19.3. The zero-order chi connectivity index (χ0) is 25.7. The van der Waals surface area contributed by atoms with Crippen molar-refractivity contribution in [1.82, 2.24) is 20.5 Å². The standard InChI is InChI=1S/C27H34F2N4O3/c1-27(2,29)17-33-12-9-18(10-13-33)16-36-20-6-7-21(22(28)14-20)19-5-8-24(31-15-19)26(35)32-25(34)23-4-3-11-30-23/h5-8,14-15,18,23,30H,3-4,9-13,16-17H2,1-2H3,(H,32,34,35)/t23-/m0/s1. The van der Waals surface area contributed by atoms with E-state index in [2.05, 4.69) is 20.5 Å². The van der Waals surface area contributed by atoms with Crippen molar-refractivity contribution in [3.63, 3.8) is 0 Å². The van der Waals surface area contributed by atoms with Crippen molar-refractivity contribution in [1.29, 1.82) is 0 Å². The van der Waals surface area contributed by atoms with Gasteiger partial charge in [-0.3, -0.25) is 19.9 Å². The van der Waals surface area contributed by atoms with Gasteiger partial charge in [0, 0.05) is 29.9 Å². The van der Waals surface area contributed by atoms with Crippen LogP contribution in [0, 0.1) is 11.7 Å². The van der Waals surface area contributed by atoms with Gasteiger partial charge in [-0.1, -0.05) is 6.07 Å². The first-order chi connectivity index (χ1) is 17.2. The van der Waals surface area contributed by atoms with E-state index in [0.717, 1.165) is 38.9 Å². The molecule has 2 fully saturated rings. The zero-order valence-corrected chi connectivity index (χ0v) is 20.9. The van der Waals surface area contributed by atoms with Gasteiger partial charge in [0.1, 0.15) is 22.9 Å². The molecule has 4 rings (SSSR count). The largest absolute Gasteiger partial charge is 0.493 e. The molecule has 0 spiro atoms. The highest BCUT2D eigenvalue weighted by molar-refractivity contribution is 6.05. The van der Waals surface area contributed by atoms with Crippen molar-refractivity contribution in [3.8, 4) is 16.9 Å². The van der Waals surface area contributed by atoms with Crippen LogP contribution >= 0.6 is 0 Å². The van der Waals surface area contributed by atoms with Crippen LogP contribution in [-0.4, -0.2) is 66.2 Å². The molecule has 9 heteroatoms. The van der Waals surface area contributed by atoms with Crippen LogP contribution in [0.5, 0.6) is 5.75 Å². The second kappa shape index (κ2) is 11.4. The quantitative estimate of drug-likeness (QED) is 0.538. The van der Waals surface area contributed by atoms with E-state index in [4.69, 9.17) is 4.74 Å². The number of nitrogens with one attached hydrogen (secondary N) is 2. The molecule has 2 aliphatic heterocycles. The van der Waals surface area contributed by atoms with Crippen molar-refractivity contribution in [2.45, 2.75) is 51.2 Å². The van der Waals surface area contributed by atoms with E-state index in [1.807, 2.05) is 0 Å². The van der Waals surface area contributed by atoms with Crippen molar-refractivity contribution >= 4 is 11.8 Å². The Balaban J connectivity index is 1.28. The number of imide groups is 1. The molecule has 0 aliphatic carbocycles. The molecule has 2 amide bonds. The number of nitrogens with zero attached hydrogens (tertiary/aromatic N) is 2. The molecule has 0 unspecified atom stereocenters. The number of amides is 2. The minimum Gasteiger partial charge on any atom is -0.493 e. The molecule has 2 saturated heterocycles. The Labute approximate surface area is 210 Å². The van der Waals surface area contributed by atoms with Crippen molar-refractivity contribution in [2.75, 3.05) is 32.8 Å². The smallest absolute Gasteiger partial charge is 0.276 e. The van der Waals surface area contributed by atoms with Crippen LogP contribution in [0.4, 0.5) is 8.78 Å². The van der Waals surface area contributed by atoms with E-state index in [1.54, 1.807) is 32.0 Å². The fourth-order valence-corrected chi connectivity index (χ4v) is 4.74. The number of benzene rings is 1. The van der Waals surface area contributed by atoms with E-state index in [1.165, 1.54) is 18.3 Å². The van der Waals surface area contributed by atoms with Gasteiger partial charge < -0.3 is 15.0 Å². The molecule has 3 heterocycles. The molecule has 1 aromatic carbocycles. The number of pyridine rings is 1. The van der Waals surface area contributed by atoms with Crippen LogP contribution in [0.2, 0.25) is 0 Å². The number of alkyl halides is 1. The molecular weight excluding hydrogens is 466 g/mol. The van der Waals surface area contributed by atoms with Gasteiger partial charge in [-0.15, -0.1) is 0 Å². The summed E-state index contributed by atoms with van der Waals surface area (Å²) in [6.45, 7) is 6.55. The topological polar surface area (TPSA) is 83.6 Å². The monoisotopic (exact) mass is 500 g/mol. The molecule has 2 aliphatic rings. The molecule has 7 nitrogen and oxygen atoms in total. The highest BCUT2D eigenvalue weighted by Gasteiger charge is 2.26. The van der Waals surface area contributed by atoms with Gasteiger partial charge >= 0.3 is 0 Å². The van der Waals surface area contributed by atoms with E-state index in [9.17, 15) is 18.4 Å². The molecule has 1 atom stereocenters. The fourth-order valence-electron chi connectivity index (χ4n) is 4.74. The number of carbonyl (C=O) groups is 2. The number of rotatable bonds is 8. The van der Waals surface area contributed by atoms with Crippen LogP contribution in [0.15, 0.2) is 36.5 Å². The van der Waals surface area contributed by atoms with E-state index in [-0.39, 0.29) is 17.6 Å². The van der Waals surface area contributed by atoms with Gasteiger partial charge in [0.15, 0.2) is 0 Å². The molecule has 36 heavy (non-hydrogen) atoms. The Bertz CT molecular complexity index is 1060. The summed E-state index contributed by atoms with van der Waals surface area (Å²) in [4.78, 5) is 30.7. The van der Waals surface area contributed by atoms with Crippen LogP contribution in [-0.2, 0) is 4.79 Å². The molecule has 2 N–H and O–H groups in total.